The van der Waals surface area contributed by atoms with E-state index in [1.807, 2.05) is 25.1 Å². The summed E-state index contributed by atoms with van der Waals surface area (Å²) in [6, 6.07) is 17.6. The molecule has 3 nitrogen and oxygen atoms in total. The van der Waals surface area contributed by atoms with Gasteiger partial charge in [0, 0.05) is 0 Å². The average molecular weight is 363 g/mol. The maximum Gasteiger partial charge on any atom is 0.339 e. The van der Waals surface area contributed by atoms with E-state index in [1.54, 1.807) is 30.3 Å². The lowest BCUT2D eigenvalue weighted by atomic mass is 10.2. The second-order valence-electron chi connectivity index (χ2n) is 6.19. The fourth-order valence-electron chi connectivity index (χ4n) is 3.17. The third kappa shape index (κ3) is 3.73. The van der Waals surface area contributed by atoms with Crippen LogP contribution in [-0.2, 0) is 10.1 Å². The molecule has 0 aromatic heterocycles. The van der Waals surface area contributed by atoms with Gasteiger partial charge in [0.25, 0.3) is 0 Å². The van der Waals surface area contributed by atoms with Crippen LogP contribution >= 0.6 is 0 Å². The molecule has 2 aromatic rings. The second-order valence-corrected chi connectivity index (χ2v) is 13.0. The summed E-state index contributed by atoms with van der Waals surface area (Å²) < 4.78 is 30.9. The van der Waals surface area contributed by atoms with Crippen LogP contribution in [0.1, 0.15) is 26.3 Å². The molecule has 0 aliphatic heterocycles. The van der Waals surface area contributed by atoms with Gasteiger partial charge in [0.15, 0.2) is 0 Å². The van der Waals surface area contributed by atoms with Crippen LogP contribution in [0, 0.1) is 6.92 Å². The zero-order valence-electron chi connectivity index (χ0n) is 14.9. The molecule has 0 saturated carbocycles. The Morgan fingerprint density at radius 2 is 1.42 bits per heavy atom. The van der Waals surface area contributed by atoms with Crippen molar-refractivity contribution < 1.29 is 12.6 Å². The van der Waals surface area contributed by atoms with Gasteiger partial charge in [-0.1, -0.05) is 74.8 Å². The molecule has 5 heteroatoms. The van der Waals surface area contributed by atoms with Gasteiger partial charge in [-0.3, -0.25) is 0 Å². The Morgan fingerprint density at radius 3 is 1.96 bits per heavy atom. The quantitative estimate of drug-likeness (QED) is 0.539. The first kappa shape index (κ1) is 18.7. The molecule has 0 aliphatic carbocycles. The van der Waals surface area contributed by atoms with Gasteiger partial charge in [-0.25, -0.2) is 0 Å². The van der Waals surface area contributed by atoms with Gasteiger partial charge < -0.3 is 4.18 Å². The smallest absolute Gasteiger partial charge is 0.339 e. The van der Waals surface area contributed by atoms with Gasteiger partial charge in [-0.2, -0.15) is 8.42 Å². The Labute approximate surface area is 146 Å². The Bertz CT molecular complexity index is 770. The topological polar surface area (TPSA) is 43.4 Å². The summed E-state index contributed by atoms with van der Waals surface area (Å²) in [6.07, 6.45) is 0. The predicted molar refractivity (Wildman–Crippen MR) is 102 cm³/mol. The average Bonchev–Trinajstić information content (AvgIpc) is 2.58. The van der Waals surface area contributed by atoms with Gasteiger partial charge in [-0.15, -0.1) is 0 Å². The highest BCUT2D eigenvalue weighted by molar-refractivity contribution is 7.87. The van der Waals surface area contributed by atoms with Crippen LogP contribution in [0.5, 0.6) is 5.75 Å². The molecule has 130 valence electrons. The molecular formula is C19H26O3SSi. The first-order valence-corrected chi connectivity index (χ1v) is 12.5. The molecule has 0 spiro atoms. The van der Waals surface area contributed by atoms with E-state index in [0.29, 0.717) is 5.75 Å². The minimum atomic E-state index is -3.82. The van der Waals surface area contributed by atoms with Crippen LogP contribution in [-0.4, -0.2) is 16.5 Å². The number of hydrogen-bond acceptors (Lipinski definition) is 3. The molecule has 0 unspecified atom stereocenters. The van der Waals surface area contributed by atoms with Crippen molar-refractivity contribution in [3.63, 3.8) is 0 Å². The Balaban J connectivity index is 2.45. The molecule has 24 heavy (non-hydrogen) atoms. The van der Waals surface area contributed by atoms with Crippen LogP contribution in [0.15, 0.2) is 53.4 Å². The van der Waals surface area contributed by atoms with Crippen LogP contribution in [0.25, 0.3) is 0 Å². The van der Waals surface area contributed by atoms with Gasteiger partial charge >= 0.3 is 10.1 Å². The van der Waals surface area contributed by atoms with E-state index < -0.39 is 18.2 Å². The fourth-order valence-corrected chi connectivity index (χ4v) is 7.94. The Hall–Kier alpha value is -1.59. The molecule has 0 amide bonds. The molecule has 2 aromatic carbocycles. The SMILES string of the molecule is CC[Si](CC)(CC)c1ccccc1OS(=O)(=O)c1ccc(C)cc1. The Kier molecular flexibility index (Phi) is 5.88. The molecule has 0 radical (unpaired) electrons. The van der Waals surface area contributed by atoms with E-state index in [0.717, 1.165) is 28.9 Å². The lowest BCUT2D eigenvalue weighted by molar-refractivity contribution is 0.487. The number of benzene rings is 2. The first-order valence-electron chi connectivity index (χ1n) is 8.49. The summed E-state index contributed by atoms with van der Waals surface area (Å²) in [5, 5.41) is 1.10. The van der Waals surface area contributed by atoms with Crippen LogP contribution in [0.2, 0.25) is 18.1 Å². The third-order valence-electron chi connectivity index (χ3n) is 5.00. The van der Waals surface area contributed by atoms with E-state index >= 15 is 0 Å². The highest BCUT2D eigenvalue weighted by Crippen LogP contribution is 2.26. The fraction of sp³-hybridized carbons (Fsp3) is 0.368. The summed E-state index contributed by atoms with van der Waals surface area (Å²) in [6.45, 7) is 8.52. The number of aryl methyl sites for hydroxylation is 1. The summed E-state index contributed by atoms with van der Waals surface area (Å²) in [5.41, 5.74) is 1.02. The summed E-state index contributed by atoms with van der Waals surface area (Å²) >= 11 is 0. The van der Waals surface area contributed by atoms with E-state index in [4.69, 9.17) is 4.18 Å². The van der Waals surface area contributed by atoms with Crippen molar-refractivity contribution in [2.24, 2.45) is 0 Å². The summed E-state index contributed by atoms with van der Waals surface area (Å²) in [7, 11) is -5.55. The van der Waals surface area contributed by atoms with Crippen molar-refractivity contribution in [1.29, 1.82) is 0 Å². The van der Waals surface area contributed by atoms with Gasteiger partial charge in [0.05, 0.1) is 8.07 Å². The van der Waals surface area contributed by atoms with Gasteiger partial charge in [0.1, 0.15) is 10.6 Å². The monoisotopic (exact) mass is 362 g/mol. The first-order chi connectivity index (χ1) is 11.4. The molecule has 2 rings (SSSR count). The van der Waals surface area contributed by atoms with Crippen molar-refractivity contribution in [3.8, 4) is 5.75 Å². The molecule has 0 aliphatic rings. The van der Waals surface area contributed by atoms with E-state index in [2.05, 4.69) is 20.8 Å². The maximum absolute atomic E-state index is 12.7. The molecule has 0 fully saturated rings. The van der Waals surface area contributed by atoms with Gasteiger partial charge in [0.2, 0.25) is 0 Å². The van der Waals surface area contributed by atoms with Crippen molar-refractivity contribution in [3.05, 3.63) is 54.1 Å². The molecule has 0 heterocycles. The largest absolute Gasteiger partial charge is 0.379 e. The van der Waals surface area contributed by atoms with Gasteiger partial charge in [-0.05, 0) is 30.3 Å². The lowest BCUT2D eigenvalue weighted by Crippen LogP contribution is -2.46. The van der Waals surface area contributed by atoms with Crippen molar-refractivity contribution in [2.75, 3.05) is 0 Å². The van der Waals surface area contributed by atoms with Crippen LogP contribution in [0.4, 0.5) is 0 Å². The van der Waals surface area contributed by atoms with Crippen LogP contribution in [0.3, 0.4) is 0 Å². The lowest BCUT2D eigenvalue weighted by Gasteiger charge is -2.30. The standard InChI is InChI=1S/C19H26O3SSi/c1-5-24(6-2,7-3)19-11-9-8-10-18(19)22-23(20,21)17-14-12-16(4)13-15-17/h8-15H,5-7H2,1-4H3. The summed E-state index contributed by atoms with van der Waals surface area (Å²) in [4.78, 5) is 0.194. The number of hydrogen-bond donors (Lipinski definition) is 0. The minimum Gasteiger partial charge on any atom is -0.379 e. The van der Waals surface area contributed by atoms with Crippen LogP contribution < -0.4 is 9.37 Å². The highest BCUT2D eigenvalue weighted by Gasteiger charge is 2.33. The normalized spacial score (nSPS) is 12.2. The zero-order chi connectivity index (χ0) is 17.8. The molecule has 0 N–H and O–H groups in total. The zero-order valence-corrected chi connectivity index (χ0v) is 16.7. The Morgan fingerprint density at radius 1 is 0.875 bits per heavy atom. The van der Waals surface area contributed by atoms with E-state index in [-0.39, 0.29) is 4.90 Å². The second kappa shape index (κ2) is 7.53. The summed E-state index contributed by atoms with van der Waals surface area (Å²) in [5.74, 6) is 0.496. The molecule has 0 bridgehead atoms. The predicted octanol–water partition coefficient (Wildman–Crippen LogP) is 4.48. The van der Waals surface area contributed by atoms with E-state index in [1.165, 1.54) is 0 Å². The number of para-hydroxylation sites is 1. The molecule has 0 saturated heterocycles. The molecule has 0 atom stereocenters. The van der Waals surface area contributed by atoms with Crippen molar-refractivity contribution in [2.45, 2.75) is 50.7 Å². The molecular weight excluding hydrogens is 336 g/mol. The van der Waals surface area contributed by atoms with E-state index in [9.17, 15) is 8.42 Å². The maximum atomic E-state index is 12.7. The number of rotatable bonds is 7. The minimum absolute atomic E-state index is 0.194. The highest BCUT2D eigenvalue weighted by atomic mass is 32.2. The van der Waals surface area contributed by atoms with Crippen molar-refractivity contribution in [1.82, 2.24) is 0 Å². The van der Waals surface area contributed by atoms with Crippen molar-refractivity contribution >= 4 is 23.4 Å². The third-order valence-corrected chi connectivity index (χ3v) is 11.9.